The Morgan fingerprint density at radius 2 is 1.68 bits per heavy atom. The highest BCUT2D eigenvalue weighted by Crippen LogP contribution is 2.36. The number of hydrogen-bond donors (Lipinski definition) is 0. The topological polar surface area (TPSA) is 56.7 Å². The number of fused-ring (bicyclic) bond motifs is 1. The summed E-state index contributed by atoms with van der Waals surface area (Å²) >= 11 is 0. The van der Waals surface area contributed by atoms with Gasteiger partial charge in [0, 0.05) is 46.5 Å². The van der Waals surface area contributed by atoms with Gasteiger partial charge in [-0.15, -0.1) is 0 Å². The number of hydrogen-bond acceptors (Lipinski definition) is 4. The Bertz CT molecular complexity index is 1340. The molecule has 1 aromatic carbocycles. The van der Waals surface area contributed by atoms with Crippen LogP contribution in [0.25, 0.3) is 33.3 Å². The van der Waals surface area contributed by atoms with Crippen molar-refractivity contribution in [1.82, 2.24) is 19.7 Å². The zero-order valence-electron chi connectivity index (χ0n) is 18.1. The third-order valence-electron chi connectivity index (χ3n) is 5.91. The molecule has 0 bridgehead atoms. The van der Waals surface area contributed by atoms with Gasteiger partial charge in [-0.05, 0) is 45.4 Å². The average molecular weight is 409 g/mol. The molecule has 0 amide bonds. The number of aryl methyl sites for hydroxylation is 3. The Balaban J connectivity index is 1.75. The van der Waals surface area contributed by atoms with Gasteiger partial charge in [-0.3, -0.25) is 9.97 Å². The Morgan fingerprint density at radius 1 is 0.903 bits per heavy atom. The molecule has 4 aromatic heterocycles. The fraction of sp³-hybridized carbons (Fsp3) is 0.192. The van der Waals surface area contributed by atoms with Crippen LogP contribution in [0.15, 0.2) is 71.6 Å². The van der Waals surface area contributed by atoms with Gasteiger partial charge in [-0.2, -0.15) is 0 Å². The van der Waals surface area contributed by atoms with Gasteiger partial charge in [0.1, 0.15) is 5.76 Å². The third-order valence-corrected chi connectivity index (χ3v) is 5.91. The summed E-state index contributed by atoms with van der Waals surface area (Å²) in [6, 6.07) is 17.0. The van der Waals surface area contributed by atoms with Crippen molar-refractivity contribution < 1.29 is 4.52 Å². The quantitative estimate of drug-likeness (QED) is 0.351. The van der Waals surface area contributed by atoms with Crippen LogP contribution in [0.5, 0.6) is 0 Å². The van der Waals surface area contributed by atoms with Crippen LogP contribution in [0.4, 0.5) is 0 Å². The van der Waals surface area contributed by atoms with Crippen molar-refractivity contribution >= 4 is 11.0 Å². The van der Waals surface area contributed by atoms with E-state index >= 15 is 0 Å². The minimum absolute atomic E-state index is 0.151. The molecule has 0 aliphatic carbocycles. The maximum absolute atomic E-state index is 5.40. The number of benzene rings is 1. The van der Waals surface area contributed by atoms with Crippen molar-refractivity contribution in [2.75, 3.05) is 0 Å². The second-order valence-corrected chi connectivity index (χ2v) is 8.02. The number of nitrogens with zero attached hydrogens (tertiary/aromatic N) is 4. The molecule has 5 heteroatoms. The van der Waals surface area contributed by atoms with Crippen LogP contribution in [0.3, 0.4) is 0 Å². The van der Waals surface area contributed by atoms with Gasteiger partial charge in [0.25, 0.3) is 0 Å². The Morgan fingerprint density at radius 3 is 2.35 bits per heavy atom. The lowest BCUT2D eigenvalue weighted by molar-refractivity contribution is 0.393. The van der Waals surface area contributed by atoms with Crippen LogP contribution in [0.1, 0.15) is 35.7 Å². The molecule has 1 atom stereocenters. The summed E-state index contributed by atoms with van der Waals surface area (Å²) in [5.74, 6) is 0.802. The molecule has 0 saturated carbocycles. The summed E-state index contributed by atoms with van der Waals surface area (Å²) < 4.78 is 7.70. The van der Waals surface area contributed by atoms with E-state index in [0.717, 1.165) is 50.4 Å². The Labute approximate surface area is 181 Å². The van der Waals surface area contributed by atoms with E-state index in [9.17, 15) is 0 Å². The van der Waals surface area contributed by atoms with Crippen LogP contribution in [0, 0.1) is 20.8 Å². The van der Waals surface area contributed by atoms with E-state index in [2.05, 4.69) is 64.2 Å². The fourth-order valence-corrected chi connectivity index (χ4v) is 4.21. The normalized spacial score (nSPS) is 12.4. The second-order valence-electron chi connectivity index (χ2n) is 8.02. The minimum atomic E-state index is 0.151. The first-order chi connectivity index (χ1) is 15.0. The van der Waals surface area contributed by atoms with E-state index in [1.165, 1.54) is 5.56 Å². The summed E-state index contributed by atoms with van der Waals surface area (Å²) in [5, 5.41) is 4.12. The smallest absolute Gasteiger partial charge is 0.141 e. The van der Waals surface area contributed by atoms with E-state index < -0.39 is 0 Å². The first kappa shape index (κ1) is 19.2. The molecule has 31 heavy (non-hydrogen) atoms. The van der Waals surface area contributed by atoms with Crippen LogP contribution in [-0.2, 0) is 0 Å². The molecular formula is C26H24N4O. The second kappa shape index (κ2) is 7.51. The summed E-state index contributed by atoms with van der Waals surface area (Å²) in [6.07, 6.45) is 6.03. The summed E-state index contributed by atoms with van der Waals surface area (Å²) in [7, 11) is 0. The highest BCUT2D eigenvalue weighted by molar-refractivity contribution is 5.95. The molecule has 5 nitrogen and oxygen atoms in total. The van der Waals surface area contributed by atoms with Crippen molar-refractivity contribution in [2.24, 2.45) is 0 Å². The number of pyridine rings is 2. The van der Waals surface area contributed by atoms with E-state index in [-0.39, 0.29) is 6.04 Å². The van der Waals surface area contributed by atoms with Crippen LogP contribution in [0.2, 0.25) is 0 Å². The van der Waals surface area contributed by atoms with E-state index in [4.69, 9.17) is 9.51 Å². The lowest BCUT2D eigenvalue weighted by atomic mass is 10.0. The highest BCUT2D eigenvalue weighted by Gasteiger charge is 2.19. The molecule has 0 fully saturated rings. The zero-order chi connectivity index (χ0) is 21.5. The number of aromatic nitrogens is 4. The van der Waals surface area contributed by atoms with Crippen molar-refractivity contribution in [2.45, 2.75) is 33.7 Å². The number of rotatable bonds is 4. The van der Waals surface area contributed by atoms with Crippen LogP contribution in [-0.4, -0.2) is 19.7 Å². The van der Waals surface area contributed by atoms with Gasteiger partial charge in [0.05, 0.1) is 22.8 Å². The van der Waals surface area contributed by atoms with E-state index in [0.29, 0.717) is 0 Å². The lowest BCUT2D eigenvalue weighted by Gasteiger charge is -2.16. The average Bonchev–Trinajstić information content (AvgIpc) is 3.33. The molecule has 0 spiro atoms. The molecule has 0 aliphatic heterocycles. The van der Waals surface area contributed by atoms with Gasteiger partial charge >= 0.3 is 0 Å². The van der Waals surface area contributed by atoms with Crippen LogP contribution < -0.4 is 0 Å². The van der Waals surface area contributed by atoms with E-state index in [1.807, 2.05) is 45.3 Å². The first-order valence-corrected chi connectivity index (χ1v) is 10.4. The van der Waals surface area contributed by atoms with Crippen molar-refractivity contribution in [3.8, 4) is 22.3 Å². The molecule has 5 aromatic rings. The summed E-state index contributed by atoms with van der Waals surface area (Å²) in [4.78, 5) is 9.40. The maximum Gasteiger partial charge on any atom is 0.141 e. The maximum atomic E-state index is 5.40. The van der Waals surface area contributed by atoms with Gasteiger partial charge in [0.15, 0.2) is 0 Å². The predicted molar refractivity (Wildman–Crippen MR) is 123 cm³/mol. The zero-order valence-corrected chi connectivity index (χ0v) is 18.1. The Kier molecular flexibility index (Phi) is 4.66. The van der Waals surface area contributed by atoms with Crippen molar-refractivity contribution in [3.63, 3.8) is 0 Å². The summed E-state index contributed by atoms with van der Waals surface area (Å²) in [5.41, 5.74) is 9.31. The Hall–Kier alpha value is -3.73. The largest absolute Gasteiger partial charge is 0.361 e. The van der Waals surface area contributed by atoms with Gasteiger partial charge in [-0.25, -0.2) is 0 Å². The lowest BCUT2D eigenvalue weighted by Crippen LogP contribution is -2.05. The van der Waals surface area contributed by atoms with Gasteiger partial charge in [0.2, 0.25) is 0 Å². The van der Waals surface area contributed by atoms with E-state index in [1.54, 1.807) is 0 Å². The molecule has 5 rings (SSSR count). The van der Waals surface area contributed by atoms with Gasteiger partial charge in [-0.1, -0.05) is 41.6 Å². The molecule has 0 aliphatic rings. The SMILES string of the molecule is Cc1ccc(-c2cn(C(C)c3ccccc3)c3cc(-c4c(C)noc4C)cnc23)cn1. The van der Waals surface area contributed by atoms with Crippen molar-refractivity contribution in [1.29, 1.82) is 0 Å². The van der Waals surface area contributed by atoms with Crippen molar-refractivity contribution in [3.05, 3.63) is 89.8 Å². The van der Waals surface area contributed by atoms with Gasteiger partial charge < -0.3 is 9.09 Å². The van der Waals surface area contributed by atoms with Crippen LogP contribution >= 0.6 is 0 Å². The molecule has 0 N–H and O–H groups in total. The highest BCUT2D eigenvalue weighted by atomic mass is 16.5. The molecule has 154 valence electrons. The minimum Gasteiger partial charge on any atom is -0.361 e. The standard InChI is InChI=1S/C26H24N4O/c1-16-10-11-21(13-27-16)23-15-30(18(3)20-8-6-5-7-9-20)24-12-22(14-28-26(23)24)25-17(2)29-31-19(25)4/h5-15,18H,1-4H3. The molecule has 0 radical (unpaired) electrons. The first-order valence-electron chi connectivity index (χ1n) is 10.4. The third kappa shape index (κ3) is 3.32. The summed E-state index contributed by atoms with van der Waals surface area (Å²) in [6.45, 7) is 8.12. The molecule has 0 saturated heterocycles. The predicted octanol–water partition coefficient (Wildman–Crippen LogP) is 6.29. The molecule has 4 heterocycles. The monoisotopic (exact) mass is 408 g/mol. The molecular weight excluding hydrogens is 384 g/mol. The molecule has 1 unspecified atom stereocenters. The fourth-order valence-electron chi connectivity index (χ4n) is 4.21.